The van der Waals surface area contributed by atoms with E-state index in [1.54, 1.807) is 21.1 Å². The number of hydrogen-bond donors (Lipinski definition) is 6. The molecule has 11 heteroatoms. The second-order valence-electron chi connectivity index (χ2n) is 9.43. The molecule has 11 nitrogen and oxygen atoms in total. The predicted molar refractivity (Wildman–Crippen MR) is 124 cm³/mol. The molecule has 0 aromatic heterocycles. The summed E-state index contributed by atoms with van der Waals surface area (Å²) in [5.74, 6) is -6.39. The molecule has 0 spiro atoms. The maximum Gasteiger partial charge on any atom is 0.255 e. The summed E-state index contributed by atoms with van der Waals surface area (Å²) >= 11 is 0. The lowest BCUT2D eigenvalue weighted by Gasteiger charge is -2.50. The number of phenols is 1. The van der Waals surface area contributed by atoms with Crippen LogP contribution in [0.2, 0.25) is 0 Å². The maximum atomic E-state index is 13.8. The van der Waals surface area contributed by atoms with Crippen LogP contribution < -0.4 is 15.8 Å². The minimum absolute atomic E-state index is 0.00186. The smallest absolute Gasteiger partial charge is 0.255 e. The molecule has 1 aromatic carbocycles. The molecule has 0 radical (unpaired) electrons. The number of ketones is 2. The van der Waals surface area contributed by atoms with E-state index in [9.17, 15) is 34.8 Å². The summed E-state index contributed by atoms with van der Waals surface area (Å²) in [7, 11) is 6.30. The highest BCUT2D eigenvalue weighted by Crippen LogP contribution is 2.54. The van der Waals surface area contributed by atoms with E-state index in [0.29, 0.717) is 23.4 Å². The number of phenolic OH excluding ortho intramolecular Hbond substituents is 1. The zero-order valence-corrected chi connectivity index (χ0v) is 19.9. The molecule has 0 unspecified atom stereocenters. The highest BCUT2D eigenvalue weighted by atomic mass is 16.5. The minimum Gasteiger partial charge on any atom is -0.508 e. The second kappa shape index (κ2) is 8.36. The lowest BCUT2D eigenvalue weighted by molar-refractivity contribution is -0.153. The van der Waals surface area contributed by atoms with Crippen LogP contribution in [-0.2, 0) is 27.3 Å². The largest absolute Gasteiger partial charge is 0.508 e. The Morgan fingerprint density at radius 3 is 2.49 bits per heavy atom. The Morgan fingerprint density at radius 2 is 1.94 bits per heavy atom. The van der Waals surface area contributed by atoms with Crippen molar-refractivity contribution in [2.45, 2.75) is 31.0 Å². The number of carbonyl (C=O) groups is 3. The number of carbonyl (C=O) groups excluding carboxylic acids is 3. The summed E-state index contributed by atoms with van der Waals surface area (Å²) in [5.41, 5.74) is 2.76. The highest BCUT2D eigenvalue weighted by molar-refractivity contribution is 6.24. The summed E-state index contributed by atoms with van der Waals surface area (Å²) in [6, 6.07) is 0.290. The van der Waals surface area contributed by atoms with Gasteiger partial charge in [0.2, 0.25) is 5.78 Å². The first-order valence-corrected chi connectivity index (χ1v) is 11.1. The van der Waals surface area contributed by atoms with E-state index >= 15 is 0 Å². The average Bonchev–Trinajstić information content (AvgIpc) is 2.76. The van der Waals surface area contributed by atoms with Gasteiger partial charge in [-0.3, -0.25) is 19.3 Å². The highest BCUT2D eigenvalue weighted by Gasteiger charge is 2.64. The van der Waals surface area contributed by atoms with Crippen LogP contribution in [0, 0.1) is 11.8 Å². The van der Waals surface area contributed by atoms with Crippen LogP contribution in [0.25, 0.3) is 5.76 Å². The van der Waals surface area contributed by atoms with Gasteiger partial charge in [-0.2, -0.15) is 0 Å². The van der Waals surface area contributed by atoms with Crippen molar-refractivity contribution in [1.29, 1.82) is 0 Å². The molecular weight excluding hydrogens is 458 g/mol. The number of amides is 1. The SMILES string of the molecule is CNCc1cc(O)c2c(c1OC)C[C@H]1C[C@H]3[C@H](N(C)C)C(=O)C(C(N)=O)=C(O)[C@@]3(O)C(=O)C1=C2O. The Morgan fingerprint density at radius 1 is 1.29 bits per heavy atom. The number of hydrogen-bond acceptors (Lipinski definition) is 10. The Hall–Kier alpha value is -3.41. The molecule has 4 atom stereocenters. The van der Waals surface area contributed by atoms with E-state index in [1.165, 1.54) is 18.1 Å². The van der Waals surface area contributed by atoms with Crippen LogP contribution in [0.1, 0.15) is 23.1 Å². The molecule has 0 heterocycles. The molecular formula is C24H29N3O8. The number of primary amides is 1. The molecule has 1 aromatic rings. The van der Waals surface area contributed by atoms with Crippen molar-refractivity contribution in [3.05, 3.63) is 39.7 Å². The molecule has 35 heavy (non-hydrogen) atoms. The van der Waals surface area contributed by atoms with E-state index in [4.69, 9.17) is 10.5 Å². The van der Waals surface area contributed by atoms with Gasteiger partial charge < -0.3 is 36.2 Å². The van der Waals surface area contributed by atoms with Crippen LogP contribution in [0.5, 0.6) is 11.5 Å². The minimum atomic E-state index is -2.66. The number of rotatable bonds is 5. The molecule has 0 bridgehead atoms. The third-order valence-electron chi connectivity index (χ3n) is 7.32. The Kier molecular flexibility index (Phi) is 5.90. The quantitative estimate of drug-likeness (QED) is 0.301. The molecule has 3 aliphatic rings. The van der Waals surface area contributed by atoms with Crippen LogP contribution >= 0.6 is 0 Å². The number of nitrogens with one attached hydrogen (secondary N) is 1. The molecule has 3 aliphatic carbocycles. The predicted octanol–water partition coefficient (Wildman–Crippen LogP) is -0.308. The number of nitrogens with zero attached hydrogens (tertiary/aromatic N) is 1. The maximum absolute atomic E-state index is 13.8. The van der Waals surface area contributed by atoms with E-state index in [-0.39, 0.29) is 29.7 Å². The first-order chi connectivity index (χ1) is 16.4. The van der Waals surface area contributed by atoms with E-state index in [0.717, 1.165) is 0 Å². The van der Waals surface area contributed by atoms with E-state index in [2.05, 4.69) is 5.32 Å². The topological polar surface area (TPSA) is 183 Å². The second-order valence-corrected chi connectivity index (χ2v) is 9.43. The molecule has 0 aliphatic heterocycles. The van der Waals surface area contributed by atoms with Gasteiger partial charge in [0.25, 0.3) is 5.91 Å². The molecule has 1 amide bonds. The van der Waals surface area contributed by atoms with Crippen molar-refractivity contribution in [1.82, 2.24) is 10.2 Å². The van der Waals surface area contributed by atoms with E-state index in [1.807, 2.05) is 0 Å². The number of aliphatic hydroxyl groups is 3. The van der Waals surface area contributed by atoms with Crippen molar-refractivity contribution in [3.63, 3.8) is 0 Å². The van der Waals surface area contributed by atoms with Gasteiger partial charge in [0.15, 0.2) is 11.4 Å². The third kappa shape index (κ3) is 3.26. The van der Waals surface area contributed by atoms with Crippen LogP contribution in [0.4, 0.5) is 0 Å². The van der Waals surface area contributed by atoms with Gasteiger partial charge in [0.05, 0.1) is 18.7 Å². The summed E-state index contributed by atoms with van der Waals surface area (Å²) in [6.45, 7) is 0.374. The monoisotopic (exact) mass is 487 g/mol. The van der Waals surface area contributed by atoms with Crippen molar-refractivity contribution in [3.8, 4) is 11.5 Å². The molecule has 1 fully saturated rings. The van der Waals surface area contributed by atoms with Crippen molar-refractivity contribution < 1.29 is 39.5 Å². The molecule has 7 N–H and O–H groups in total. The average molecular weight is 488 g/mol. The fourth-order valence-corrected chi connectivity index (χ4v) is 5.93. The van der Waals surface area contributed by atoms with Gasteiger partial charge in [0.1, 0.15) is 28.6 Å². The molecule has 4 rings (SSSR count). The summed E-state index contributed by atoms with van der Waals surface area (Å²) < 4.78 is 5.59. The Bertz CT molecular complexity index is 1220. The lowest BCUT2D eigenvalue weighted by Crippen LogP contribution is -2.65. The number of methoxy groups -OCH3 is 1. The number of likely N-dealkylation sites (N-methyl/N-ethyl adjacent to an activating group) is 1. The van der Waals surface area contributed by atoms with Crippen molar-refractivity contribution >= 4 is 23.2 Å². The fraction of sp³-hybridized carbons (Fsp3) is 0.458. The number of ether oxygens (including phenoxy) is 1. The summed E-state index contributed by atoms with van der Waals surface area (Å²) in [6.07, 6.45) is 0.189. The number of aliphatic hydroxyl groups excluding tert-OH is 2. The van der Waals surface area contributed by atoms with E-state index < -0.39 is 58.0 Å². The summed E-state index contributed by atoms with van der Waals surface area (Å²) in [4.78, 5) is 40.3. The standard InChI is InChI=1S/C24H29N3O8/c1-26-8-10-7-13(28)15-11(20(10)35-4)5-9-6-12-17(27(2)3)19(30)16(23(25)33)22(32)24(12,34)21(31)14(9)18(15)29/h7,9,12,17,26,28-29,32,34H,5-6,8H2,1-4H3,(H2,25,33)/t9-,12-,17-,24-/m0/s1. The van der Waals surface area contributed by atoms with Crippen LogP contribution in [0.15, 0.2) is 23.0 Å². The number of aromatic hydroxyl groups is 1. The fourth-order valence-electron chi connectivity index (χ4n) is 5.93. The number of fused-ring (bicyclic) bond motifs is 3. The van der Waals surface area contributed by atoms with Crippen LogP contribution in [0.3, 0.4) is 0 Å². The first kappa shape index (κ1) is 24.7. The van der Waals surface area contributed by atoms with Gasteiger partial charge in [-0.25, -0.2) is 0 Å². The molecule has 1 saturated carbocycles. The van der Waals surface area contributed by atoms with Gasteiger partial charge in [-0.05, 0) is 46.0 Å². The number of benzene rings is 1. The number of Topliss-reactive ketones (excluding diaryl/α,β-unsaturated/α-hetero) is 2. The zero-order valence-electron chi connectivity index (χ0n) is 19.9. The third-order valence-corrected chi connectivity index (χ3v) is 7.32. The zero-order chi connectivity index (χ0) is 26.0. The Labute approximate surface area is 201 Å². The van der Waals surface area contributed by atoms with Gasteiger partial charge in [0, 0.05) is 29.2 Å². The van der Waals surface area contributed by atoms with Gasteiger partial charge >= 0.3 is 0 Å². The Balaban J connectivity index is 1.98. The molecule has 0 saturated heterocycles. The first-order valence-electron chi connectivity index (χ1n) is 11.1. The summed E-state index contributed by atoms with van der Waals surface area (Å²) in [5, 5.41) is 47.3. The normalized spacial score (nSPS) is 28.1. The lowest BCUT2D eigenvalue weighted by atomic mass is 9.57. The molecule has 188 valence electrons. The van der Waals surface area contributed by atoms with Crippen LogP contribution in [-0.4, -0.2) is 82.7 Å². The van der Waals surface area contributed by atoms with Gasteiger partial charge in [-0.15, -0.1) is 0 Å². The number of nitrogens with two attached hydrogens (primary N) is 1. The van der Waals surface area contributed by atoms with Crippen molar-refractivity contribution in [2.24, 2.45) is 17.6 Å². The van der Waals surface area contributed by atoms with Crippen molar-refractivity contribution in [2.75, 3.05) is 28.3 Å². The van der Waals surface area contributed by atoms with Gasteiger partial charge in [-0.1, -0.05) is 0 Å².